The van der Waals surface area contributed by atoms with Crippen LogP contribution < -0.4 is 11.1 Å². The van der Waals surface area contributed by atoms with E-state index < -0.39 is 0 Å². The fourth-order valence-corrected chi connectivity index (χ4v) is 2.07. The maximum atomic E-state index is 12.2. The summed E-state index contributed by atoms with van der Waals surface area (Å²) in [5.74, 6) is -0.0365. The summed E-state index contributed by atoms with van der Waals surface area (Å²) in [6, 6.07) is 14.6. The second-order valence-corrected chi connectivity index (χ2v) is 4.69. The molecule has 0 saturated heterocycles. The maximum Gasteiger partial charge on any atom is 0.291 e. The van der Waals surface area contributed by atoms with Crippen molar-refractivity contribution >= 4 is 28.3 Å². The van der Waals surface area contributed by atoms with Crippen molar-refractivity contribution in [2.45, 2.75) is 6.92 Å². The summed E-state index contributed by atoms with van der Waals surface area (Å²) in [6.45, 7) is 2.00. The van der Waals surface area contributed by atoms with Crippen LogP contribution in [0.5, 0.6) is 0 Å². The van der Waals surface area contributed by atoms with Crippen molar-refractivity contribution in [3.05, 3.63) is 59.9 Å². The highest BCUT2D eigenvalue weighted by Crippen LogP contribution is 2.23. The zero-order valence-electron chi connectivity index (χ0n) is 11.0. The number of carbonyl (C=O) groups is 1. The SMILES string of the molecule is Cc1ccc2oc(C(=O)Nc3ccccc3N)cc2c1. The first-order valence-corrected chi connectivity index (χ1v) is 6.29. The number of nitrogens with one attached hydrogen (secondary N) is 1. The summed E-state index contributed by atoms with van der Waals surface area (Å²) >= 11 is 0. The molecule has 1 heterocycles. The largest absolute Gasteiger partial charge is 0.451 e. The first kappa shape index (κ1) is 12.3. The van der Waals surface area contributed by atoms with Gasteiger partial charge in [0, 0.05) is 5.39 Å². The number of nitrogens with two attached hydrogens (primary N) is 1. The topological polar surface area (TPSA) is 68.3 Å². The average molecular weight is 266 g/mol. The van der Waals surface area contributed by atoms with Gasteiger partial charge in [0.2, 0.25) is 0 Å². The Kier molecular flexibility index (Phi) is 2.91. The number of fused-ring (bicyclic) bond motifs is 1. The van der Waals surface area contributed by atoms with Crippen molar-refractivity contribution in [1.82, 2.24) is 0 Å². The Morgan fingerprint density at radius 1 is 1.15 bits per heavy atom. The molecule has 0 aliphatic rings. The molecule has 0 radical (unpaired) electrons. The van der Waals surface area contributed by atoms with E-state index in [9.17, 15) is 4.79 Å². The van der Waals surface area contributed by atoms with Crippen molar-refractivity contribution in [2.75, 3.05) is 11.1 Å². The molecule has 0 fully saturated rings. The highest BCUT2D eigenvalue weighted by Gasteiger charge is 2.13. The minimum absolute atomic E-state index is 0.272. The molecule has 0 bridgehead atoms. The number of furan rings is 1. The molecule has 2 aromatic carbocycles. The number of aryl methyl sites for hydroxylation is 1. The lowest BCUT2D eigenvalue weighted by Gasteiger charge is -2.05. The zero-order chi connectivity index (χ0) is 14.1. The summed E-state index contributed by atoms with van der Waals surface area (Å²) in [4.78, 5) is 12.2. The van der Waals surface area contributed by atoms with Crippen LogP contribution >= 0.6 is 0 Å². The summed E-state index contributed by atoms with van der Waals surface area (Å²) in [5, 5.41) is 3.66. The molecule has 0 unspecified atom stereocenters. The summed E-state index contributed by atoms with van der Waals surface area (Å²) < 4.78 is 5.54. The minimum Gasteiger partial charge on any atom is -0.451 e. The highest BCUT2D eigenvalue weighted by atomic mass is 16.3. The van der Waals surface area contributed by atoms with Gasteiger partial charge < -0.3 is 15.5 Å². The predicted octanol–water partition coefficient (Wildman–Crippen LogP) is 3.58. The van der Waals surface area contributed by atoms with Gasteiger partial charge in [-0.1, -0.05) is 23.8 Å². The fraction of sp³-hybridized carbons (Fsp3) is 0.0625. The van der Waals surface area contributed by atoms with Crippen LogP contribution in [-0.2, 0) is 0 Å². The van der Waals surface area contributed by atoms with E-state index in [0.29, 0.717) is 17.0 Å². The first-order chi connectivity index (χ1) is 9.63. The number of rotatable bonds is 2. The monoisotopic (exact) mass is 266 g/mol. The second-order valence-electron chi connectivity index (χ2n) is 4.69. The lowest BCUT2D eigenvalue weighted by atomic mass is 10.2. The average Bonchev–Trinajstić information content (AvgIpc) is 2.84. The molecule has 100 valence electrons. The molecular weight excluding hydrogens is 252 g/mol. The van der Waals surface area contributed by atoms with Crippen LogP contribution in [0.4, 0.5) is 11.4 Å². The Bertz CT molecular complexity index is 790. The Morgan fingerprint density at radius 2 is 1.95 bits per heavy atom. The highest BCUT2D eigenvalue weighted by molar-refractivity contribution is 6.05. The molecule has 0 saturated carbocycles. The van der Waals surface area contributed by atoms with E-state index in [1.54, 1.807) is 18.2 Å². The third-order valence-electron chi connectivity index (χ3n) is 3.10. The van der Waals surface area contributed by atoms with E-state index in [2.05, 4.69) is 5.32 Å². The standard InChI is InChI=1S/C16H14N2O2/c1-10-6-7-14-11(8-10)9-15(20-14)16(19)18-13-5-3-2-4-12(13)17/h2-9H,17H2,1H3,(H,18,19). The van der Waals surface area contributed by atoms with Crippen LogP contribution in [0.2, 0.25) is 0 Å². The van der Waals surface area contributed by atoms with Crippen molar-refractivity contribution in [1.29, 1.82) is 0 Å². The normalized spacial score (nSPS) is 10.7. The van der Waals surface area contributed by atoms with Gasteiger partial charge in [-0.05, 0) is 37.3 Å². The van der Waals surface area contributed by atoms with Gasteiger partial charge in [-0.3, -0.25) is 4.79 Å². The van der Waals surface area contributed by atoms with Gasteiger partial charge in [0.15, 0.2) is 5.76 Å². The van der Waals surface area contributed by atoms with Gasteiger partial charge in [-0.2, -0.15) is 0 Å². The van der Waals surface area contributed by atoms with Gasteiger partial charge in [0.05, 0.1) is 11.4 Å². The van der Waals surface area contributed by atoms with Crippen LogP contribution in [0.15, 0.2) is 52.9 Å². The van der Waals surface area contributed by atoms with Gasteiger partial charge in [-0.15, -0.1) is 0 Å². The molecule has 1 aromatic heterocycles. The number of carbonyl (C=O) groups excluding carboxylic acids is 1. The second kappa shape index (κ2) is 4.74. The molecule has 0 aliphatic heterocycles. The zero-order valence-corrected chi connectivity index (χ0v) is 11.0. The number of para-hydroxylation sites is 2. The molecule has 4 heteroatoms. The third-order valence-corrected chi connectivity index (χ3v) is 3.10. The van der Waals surface area contributed by atoms with E-state index in [1.165, 1.54) is 0 Å². The molecule has 20 heavy (non-hydrogen) atoms. The van der Waals surface area contributed by atoms with Gasteiger partial charge in [0.25, 0.3) is 5.91 Å². The fourth-order valence-electron chi connectivity index (χ4n) is 2.07. The van der Waals surface area contributed by atoms with E-state index >= 15 is 0 Å². The summed E-state index contributed by atoms with van der Waals surface area (Å²) in [7, 11) is 0. The summed E-state index contributed by atoms with van der Waals surface area (Å²) in [5.41, 5.74) is 8.71. The molecular formula is C16H14N2O2. The van der Waals surface area contributed by atoms with Gasteiger partial charge >= 0.3 is 0 Å². The van der Waals surface area contributed by atoms with E-state index in [-0.39, 0.29) is 11.7 Å². The van der Waals surface area contributed by atoms with Crippen LogP contribution in [0.3, 0.4) is 0 Å². The molecule has 0 spiro atoms. The Balaban J connectivity index is 1.91. The van der Waals surface area contributed by atoms with E-state index in [4.69, 9.17) is 10.2 Å². The first-order valence-electron chi connectivity index (χ1n) is 6.29. The minimum atomic E-state index is -0.309. The molecule has 1 amide bonds. The number of anilines is 2. The lowest BCUT2D eigenvalue weighted by Crippen LogP contribution is -2.12. The number of hydrogen-bond acceptors (Lipinski definition) is 3. The van der Waals surface area contributed by atoms with Crippen LogP contribution in [-0.4, -0.2) is 5.91 Å². The smallest absolute Gasteiger partial charge is 0.291 e. The molecule has 0 atom stereocenters. The van der Waals surface area contributed by atoms with Crippen molar-refractivity contribution in [3.8, 4) is 0 Å². The maximum absolute atomic E-state index is 12.2. The number of nitrogen functional groups attached to an aromatic ring is 1. The van der Waals surface area contributed by atoms with Crippen molar-refractivity contribution in [2.24, 2.45) is 0 Å². The Morgan fingerprint density at radius 3 is 2.75 bits per heavy atom. The van der Waals surface area contributed by atoms with Crippen LogP contribution in [0.25, 0.3) is 11.0 Å². The number of benzene rings is 2. The molecule has 3 N–H and O–H groups in total. The van der Waals surface area contributed by atoms with Crippen LogP contribution in [0, 0.1) is 6.92 Å². The number of amides is 1. The number of hydrogen-bond donors (Lipinski definition) is 2. The van der Waals surface area contributed by atoms with Gasteiger partial charge in [-0.25, -0.2) is 0 Å². The van der Waals surface area contributed by atoms with Crippen molar-refractivity contribution in [3.63, 3.8) is 0 Å². The Labute approximate surface area is 116 Å². The van der Waals surface area contributed by atoms with E-state index in [0.717, 1.165) is 10.9 Å². The third kappa shape index (κ3) is 2.23. The van der Waals surface area contributed by atoms with Crippen molar-refractivity contribution < 1.29 is 9.21 Å². The van der Waals surface area contributed by atoms with E-state index in [1.807, 2.05) is 37.3 Å². The molecule has 3 aromatic rings. The lowest BCUT2D eigenvalue weighted by molar-refractivity contribution is 0.0999. The van der Waals surface area contributed by atoms with Crippen LogP contribution in [0.1, 0.15) is 16.1 Å². The quantitative estimate of drug-likeness (QED) is 0.697. The molecule has 4 nitrogen and oxygen atoms in total. The Hall–Kier alpha value is -2.75. The molecule has 0 aliphatic carbocycles. The molecule has 3 rings (SSSR count). The van der Waals surface area contributed by atoms with Gasteiger partial charge in [0.1, 0.15) is 5.58 Å². The summed E-state index contributed by atoms with van der Waals surface area (Å²) in [6.07, 6.45) is 0. The predicted molar refractivity (Wildman–Crippen MR) is 79.8 cm³/mol.